The molecular weight excluding hydrogens is 400 g/mol. The van der Waals surface area contributed by atoms with E-state index in [0.717, 1.165) is 22.0 Å². The normalized spacial score (nSPS) is 15.4. The van der Waals surface area contributed by atoms with Gasteiger partial charge in [0, 0.05) is 18.5 Å². The maximum absolute atomic E-state index is 12.8. The van der Waals surface area contributed by atoms with E-state index in [4.69, 9.17) is 16.6 Å². The zero-order valence-electron chi connectivity index (χ0n) is 15.9. The lowest BCUT2D eigenvalue weighted by molar-refractivity contribution is -0.118. The molecule has 2 heterocycles. The van der Waals surface area contributed by atoms with Crippen molar-refractivity contribution in [2.75, 3.05) is 11.9 Å². The van der Waals surface area contributed by atoms with E-state index in [1.54, 1.807) is 11.9 Å². The summed E-state index contributed by atoms with van der Waals surface area (Å²) in [6.07, 6.45) is 1.29. The van der Waals surface area contributed by atoms with Crippen molar-refractivity contribution in [2.45, 2.75) is 23.1 Å². The molecule has 144 valence electrons. The molecule has 3 nitrogen and oxygen atoms in total. The Bertz CT molecular complexity index is 1100. The highest BCUT2D eigenvalue weighted by molar-refractivity contribution is 8.00. The highest BCUT2D eigenvalue weighted by atomic mass is 35.5. The second-order valence-corrected chi connectivity index (χ2v) is 8.45. The van der Waals surface area contributed by atoms with E-state index in [9.17, 15) is 4.79 Å². The average Bonchev–Trinajstić information content (AvgIpc) is 2.72. The lowest BCUT2D eigenvalue weighted by Crippen LogP contribution is -2.39. The first kappa shape index (κ1) is 19.6. The molecule has 1 atom stereocenters. The number of anilines is 1. The molecule has 0 spiro atoms. The monoisotopic (exact) mass is 418 g/mol. The van der Waals surface area contributed by atoms with E-state index in [1.165, 1.54) is 17.3 Å². The predicted octanol–water partition coefficient (Wildman–Crippen LogP) is 5.01. The van der Waals surface area contributed by atoms with E-state index >= 15 is 0 Å². The first-order valence-electron chi connectivity index (χ1n) is 9.32. The van der Waals surface area contributed by atoms with Gasteiger partial charge < -0.3 is 4.90 Å². The Kier molecular flexibility index (Phi) is 5.89. The first-order chi connectivity index (χ1) is 14.1. The molecule has 0 saturated carbocycles. The minimum Gasteiger partial charge on any atom is -0.312 e. The summed E-state index contributed by atoms with van der Waals surface area (Å²) in [5.74, 6) is 6.41. The molecule has 0 aliphatic carbocycles. The number of pyridine rings is 1. The largest absolute Gasteiger partial charge is 0.312 e. The van der Waals surface area contributed by atoms with Gasteiger partial charge in [0.05, 0.1) is 10.9 Å². The number of hydrogen-bond acceptors (Lipinski definition) is 3. The van der Waals surface area contributed by atoms with E-state index in [2.05, 4.69) is 24.0 Å². The number of fused-ring (bicyclic) bond motifs is 1. The second kappa shape index (κ2) is 8.73. The first-order valence-corrected chi connectivity index (χ1v) is 10.6. The summed E-state index contributed by atoms with van der Waals surface area (Å²) >= 11 is 7.59. The van der Waals surface area contributed by atoms with Crippen molar-refractivity contribution in [3.05, 3.63) is 88.6 Å². The van der Waals surface area contributed by atoms with Crippen LogP contribution in [0.5, 0.6) is 0 Å². The van der Waals surface area contributed by atoms with Crippen LogP contribution in [0.25, 0.3) is 0 Å². The Labute approximate surface area is 180 Å². The topological polar surface area (TPSA) is 33.2 Å². The fourth-order valence-electron chi connectivity index (χ4n) is 3.20. The van der Waals surface area contributed by atoms with Gasteiger partial charge in [0.25, 0.3) is 0 Å². The molecule has 2 aromatic carbocycles. The highest BCUT2D eigenvalue weighted by Gasteiger charge is 2.32. The molecule has 1 aliphatic rings. The molecule has 0 bridgehead atoms. The van der Waals surface area contributed by atoms with Crippen LogP contribution in [0.4, 0.5) is 5.69 Å². The number of halogens is 1. The Hall–Kier alpha value is -2.74. The van der Waals surface area contributed by atoms with Crippen LogP contribution in [0.3, 0.4) is 0 Å². The van der Waals surface area contributed by atoms with E-state index in [1.807, 2.05) is 54.6 Å². The van der Waals surface area contributed by atoms with Crippen molar-refractivity contribution in [1.82, 2.24) is 4.98 Å². The molecule has 29 heavy (non-hydrogen) atoms. The molecule has 0 fully saturated rings. The molecule has 0 N–H and O–H groups in total. The molecule has 3 aromatic rings. The van der Waals surface area contributed by atoms with Crippen molar-refractivity contribution < 1.29 is 4.79 Å². The number of carbonyl (C=O) groups excluding carboxylic acids is 1. The van der Waals surface area contributed by atoms with Crippen molar-refractivity contribution in [3.63, 3.8) is 0 Å². The van der Waals surface area contributed by atoms with Crippen LogP contribution in [0.1, 0.15) is 16.8 Å². The third-order valence-electron chi connectivity index (χ3n) is 4.72. The third kappa shape index (κ3) is 4.64. The molecule has 1 aromatic heterocycles. The molecule has 1 unspecified atom stereocenters. The van der Waals surface area contributed by atoms with Gasteiger partial charge in [-0.05, 0) is 47.7 Å². The lowest BCUT2D eigenvalue weighted by atomic mass is 10.1. The average molecular weight is 419 g/mol. The zero-order valence-corrected chi connectivity index (χ0v) is 17.5. The fraction of sp³-hybridized carbons (Fsp3) is 0.167. The summed E-state index contributed by atoms with van der Waals surface area (Å²) in [6.45, 7) is 0. The second-order valence-electron chi connectivity index (χ2n) is 6.82. The standard InChI is InChI=1S/C24H19ClN2OS/c1-27-21-14-13-20(12-6-9-17-7-3-2-4-8-17)26-23(21)29-22(24(27)28)16-18-10-5-11-19(25)15-18/h2-5,7-8,10-11,13-15,22H,9,16H2,1H3. The van der Waals surface area contributed by atoms with Gasteiger partial charge in [0.2, 0.25) is 5.91 Å². The number of carbonyl (C=O) groups is 1. The maximum Gasteiger partial charge on any atom is 0.240 e. The van der Waals surface area contributed by atoms with Crippen LogP contribution in [0.15, 0.2) is 71.8 Å². The number of nitrogens with zero attached hydrogens (tertiary/aromatic N) is 2. The van der Waals surface area contributed by atoms with Crippen LogP contribution in [-0.2, 0) is 17.6 Å². The van der Waals surface area contributed by atoms with Crippen molar-refractivity contribution in [2.24, 2.45) is 0 Å². The van der Waals surface area contributed by atoms with Crippen LogP contribution in [0, 0.1) is 11.8 Å². The molecule has 5 heteroatoms. The van der Waals surface area contributed by atoms with Crippen LogP contribution < -0.4 is 4.90 Å². The van der Waals surface area contributed by atoms with Crippen LogP contribution >= 0.6 is 23.4 Å². The molecule has 1 amide bonds. The minimum atomic E-state index is -0.231. The minimum absolute atomic E-state index is 0.0761. The summed E-state index contributed by atoms with van der Waals surface area (Å²) in [6, 6.07) is 21.6. The number of amides is 1. The highest BCUT2D eigenvalue weighted by Crippen LogP contribution is 2.38. The summed E-state index contributed by atoms with van der Waals surface area (Å²) in [5, 5.41) is 1.29. The fourth-order valence-corrected chi connectivity index (χ4v) is 4.70. The van der Waals surface area contributed by atoms with Crippen molar-refractivity contribution in [1.29, 1.82) is 0 Å². The summed E-state index contributed by atoms with van der Waals surface area (Å²) < 4.78 is 0. The van der Waals surface area contributed by atoms with Gasteiger partial charge in [0.15, 0.2) is 0 Å². The van der Waals surface area contributed by atoms with Crippen molar-refractivity contribution in [3.8, 4) is 11.8 Å². The van der Waals surface area contributed by atoms with E-state index in [0.29, 0.717) is 17.9 Å². The van der Waals surface area contributed by atoms with Gasteiger partial charge in [-0.1, -0.05) is 71.7 Å². The molecule has 0 radical (unpaired) electrons. The van der Waals surface area contributed by atoms with Gasteiger partial charge in [0.1, 0.15) is 10.7 Å². The van der Waals surface area contributed by atoms with Crippen molar-refractivity contribution >= 4 is 35.0 Å². The van der Waals surface area contributed by atoms with E-state index < -0.39 is 0 Å². The summed E-state index contributed by atoms with van der Waals surface area (Å²) in [5.41, 5.74) is 3.77. The van der Waals surface area contributed by atoms with Gasteiger partial charge in [-0.25, -0.2) is 4.98 Å². The summed E-state index contributed by atoms with van der Waals surface area (Å²) in [7, 11) is 1.80. The van der Waals surface area contributed by atoms with E-state index in [-0.39, 0.29) is 11.2 Å². The Morgan fingerprint density at radius 2 is 1.86 bits per heavy atom. The van der Waals surface area contributed by atoms with Crippen LogP contribution in [0.2, 0.25) is 5.02 Å². The number of thioether (sulfide) groups is 1. The lowest BCUT2D eigenvalue weighted by Gasteiger charge is -2.30. The smallest absolute Gasteiger partial charge is 0.240 e. The molecule has 0 saturated heterocycles. The van der Waals surface area contributed by atoms with Gasteiger partial charge >= 0.3 is 0 Å². The number of aromatic nitrogens is 1. The van der Waals surface area contributed by atoms with Gasteiger partial charge in [-0.15, -0.1) is 0 Å². The van der Waals surface area contributed by atoms with Crippen LogP contribution in [-0.4, -0.2) is 23.2 Å². The maximum atomic E-state index is 12.8. The van der Waals surface area contributed by atoms with Gasteiger partial charge in [-0.3, -0.25) is 4.79 Å². The Balaban J connectivity index is 1.53. The number of benzene rings is 2. The summed E-state index contributed by atoms with van der Waals surface area (Å²) in [4.78, 5) is 19.2. The quantitative estimate of drug-likeness (QED) is 0.560. The molecule has 1 aliphatic heterocycles. The Morgan fingerprint density at radius 1 is 1.07 bits per heavy atom. The molecular formula is C24H19ClN2OS. The predicted molar refractivity (Wildman–Crippen MR) is 119 cm³/mol. The molecule has 4 rings (SSSR count). The number of hydrogen-bond donors (Lipinski definition) is 0. The van der Waals surface area contributed by atoms with Gasteiger partial charge in [-0.2, -0.15) is 0 Å². The SMILES string of the molecule is CN1C(=O)C(Cc2cccc(Cl)c2)Sc2nc(C#CCc3ccccc3)ccc21. The zero-order chi connectivity index (χ0) is 20.2. The third-order valence-corrected chi connectivity index (χ3v) is 6.13. The Morgan fingerprint density at radius 3 is 2.66 bits per heavy atom. The number of rotatable bonds is 3.